The minimum absolute atomic E-state index is 0.0320. The second-order valence-corrected chi connectivity index (χ2v) is 12.1. The third-order valence-corrected chi connectivity index (χ3v) is 9.12. The van der Waals surface area contributed by atoms with Crippen molar-refractivity contribution in [2.75, 3.05) is 17.9 Å². The van der Waals surface area contributed by atoms with Gasteiger partial charge < -0.3 is 10.2 Å². The lowest BCUT2D eigenvalue weighted by atomic mass is 10.0. The van der Waals surface area contributed by atoms with Crippen LogP contribution >= 0.6 is 0 Å². The number of nitrogens with one attached hydrogen (secondary N) is 1. The fraction of sp³-hybridized carbons (Fsp3) is 0.235. The molecule has 0 aromatic heterocycles. The number of halogens is 1. The molecule has 4 rings (SSSR count). The SMILES string of the molecule is CCc1ccccc1N(CC(=O)N(Cc1ccccc1F)C(Cc1ccccc1)C(=O)NC)S(=O)(=O)c1ccc(C)cc1. The highest BCUT2D eigenvalue weighted by molar-refractivity contribution is 7.92. The summed E-state index contributed by atoms with van der Waals surface area (Å²) in [4.78, 5) is 29.0. The third-order valence-electron chi connectivity index (χ3n) is 7.35. The van der Waals surface area contributed by atoms with Gasteiger partial charge in [0.05, 0.1) is 10.6 Å². The van der Waals surface area contributed by atoms with Crippen LogP contribution in [-0.4, -0.2) is 44.8 Å². The van der Waals surface area contributed by atoms with Gasteiger partial charge in [-0.05, 0) is 48.7 Å². The highest BCUT2D eigenvalue weighted by atomic mass is 32.2. The molecular formula is C34H36FN3O4S. The fourth-order valence-corrected chi connectivity index (χ4v) is 6.39. The number of aryl methyl sites for hydroxylation is 2. The Morgan fingerprint density at radius 3 is 2.07 bits per heavy atom. The van der Waals surface area contributed by atoms with E-state index in [9.17, 15) is 22.4 Å². The average molecular weight is 602 g/mol. The maximum absolute atomic E-state index is 14.9. The lowest BCUT2D eigenvalue weighted by Gasteiger charge is -2.34. The zero-order valence-corrected chi connectivity index (χ0v) is 25.4. The molecule has 0 aliphatic rings. The Labute approximate surface area is 253 Å². The lowest BCUT2D eigenvalue weighted by molar-refractivity contribution is -0.139. The first-order valence-corrected chi connectivity index (χ1v) is 15.6. The van der Waals surface area contributed by atoms with Crippen molar-refractivity contribution in [3.8, 4) is 0 Å². The Bertz CT molecular complexity index is 1660. The largest absolute Gasteiger partial charge is 0.357 e. The molecule has 0 heterocycles. The molecule has 0 bridgehead atoms. The zero-order valence-electron chi connectivity index (χ0n) is 24.5. The maximum Gasteiger partial charge on any atom is 0.264 e. The van der Waals surface area contributed by atoms with E-state index >= 15 is 0 Å². The van der Waals surface area contributed by atoms with E-state index in [0.717, 1.165) is 21.0 Å². The van der Waals surface area contributed by atoms with E-state index in [4.69, 9.17) is 0 Å². The molecule has 0 aliphatic carbocycles. The first-order chi connectivity index (χ1) is 20.6. The van der Waals surface area contributed by atoms with Crippen LogP contribution in [0.1, 0.15) is 29.2 Å². The molecule has 7 nitrogen and oxygen atoms in total. The minimum Gasteiger partial charge on any atom is -0.357 e. The van der Waals surface area contributed by atoms with Gasteiger partial charge in [0.1, 0.15) is 18.4 Å². The molecule has 0 aliphatic heterocycles. The van der Waals surface area contributed by atoms with Crippen molar-refractivity contribution in [1.29, 1.82) is 0 Å². The van der Waals surface area contributed by atoms with E-state index in [1.807, 2.05) is 56.3 Å². The Morgan fingerprint density at radius 2 is 1.44 bits per heavy atom. The molecule has 0 radical (unpaired) electrons. The van der Waals surface area contributed by atoms with Crippen molar-refractivity contribution < 1.29 is 22.4 Å². The second-order valence-electron chi connectivity index (χ2n) is 10.2. The number of rotatable bonds is 12. The number of hydrogen-bond donors (Lipinski definition) is 1. The summed E-state index contributed by atoms with van der Waals surface area (Å²) in [6.45, 7) is 2.94. The molecule has 224 valence electrons. The van der Waals surface area contributed by atoms with Gasteiger partial charge in [-0.2, -0.15) is 0 Å². The Balaban J connectivity index is 1.82. The average Bonchev–Trinajstić information content (AvgIpc) is 3.02. The third kappa shape index (κ3) is 7.48. The fourth-order valence-electron chi connectivity index (χ4n) is 4.93. The maximum atomic E-state index is 14.9. The number of hydrogen-bond acceptors (Lipinski definition) is 4. The van der Waals surface area contributed by atoms with Crippen LogP contribution in [0.2, 0.25) is 0 Å². The molecule has 2 amide bonds. The minimum atomic E-state index is -4.21. The van der Waals surface area contributed by atoms with Crippen molar-refractivity contribution in [2.24, 2.45) is 0 Å². The van der Waals surface area contributed by atoms with E-state index in [0.29, 0.717) is 12.1 Å². The number of para-hydroxylation sites is 1. The van der Waals surface area contributed by atoms with Crippen LogP contribution in [0, 0.1) is 12.7 Å². The van der Waals surface area contributed by atoms with Gasteiger partial charge in [-0.15, -0.1) is 0 Å². The Kier molecular flexibility index (Phi) is 10.3. The Hall–Kier alpha value is -4.50. The van der Waals surface area contributed by atoms with Gasteiger partial charge in [-0.1, -0.05) is 91.3 Å². The molecule has 0 fully saturated rings. The number of amides is 2. The van der Waals surface area contributed by atoms with E-state index in [-0.39, 0.29) is 23.4 Å². The monoisotopic (exact) mass is 601 g/mol. The molecule has 1 N–H and O–H groups in total. The van der Waals surface area contributed by atoms with Crippen molar-refractivity contribution in [1.82, 2.24) is 10.2 Å². The van der Waals surface area contributed by atoms with Crippen LogP contribution in [0.5, 0.6) is 0 Å². The van der Waals surface area contributed by atoms with Crippen LogP contribution in [0.4, 0.5) is 10.1 Å². The highest BCUT2D eigenvalue weighted by Gasteiger charge is 2.35. The van der Waals surface area contributed by atoms with Gasteiger partial charge in [0.25, 0.3) is 10.0 Å². The number of carbonyl (C=O) groups is 2. The predicted molar refractivity (Wildman–Crippen MR) is 166 cm³/mol. The van der Waals surface area contributed by atoms with Gasteiger partial charge in [0, 0.05) is 25.6 Å². The van der Waals surface area contributed by atoms with Crippen LogP contribution < -0.4 is 9.62 Å². The smallest absolute Gasteiger partial charge is 0.264 e. The summed E-state index contributed by atoms with van der Waals surface area (Å²) < 4.78 is 44.3. The zero-order chi connectivity index (χ0) is 31.0. The molecular weight excluding hydrogens is 565 g/mol. The summed E-state index contributed by atoms with van der Waals surface area (Å²) in [6.07, 6.45) is 0.676. The van der Waals surface area contributed by atoms with E-state index in [1.54, 1.807) is 42.5 Å². The molecule has 0 spiro atoms. The normalized spacial score (nSPS) is 11.9. The van der Waals surface area contributed by atoms with E-state index in [2.05, 4.69) is 5.32 Å². The van der Waals surface area contributed by atoms with Gasteiger partial charge in [0.2, 0.25) is 11.8 Å². The molecule has 1 atom stereocenters. The molecule has 4 aromatic carbocycles. The van der Waals surface area contributed by atoms with Gasteiger partial charge in [-0.3, -0.25) is 13.9 Å². The van der Waals surface area contributed by atoms with Crippen LogP contribution in [0.15, 0.2) is 108 Å². The first kappa shape index (κ1) is 31.4. The highest BCUT2D eigenvalue weighted by Crippen LogP contribution is 2.29. The molecule has 0 saturated heterocycles. The summed E-state index contributed by atoms with van der Waals surface area (Å²) in [6, 6.07) is 27.6. The number of sulfonamides is 1. The van der Waals surface area contributed by atoms with Gasteiger partial charge >= 0.3 is 0 Å². The Morgan fingerprint density at radius 1 is 0.837 bits per heavy atom. The van der Waals surface area contributed by atoms with Crippen LogP contribution in [0.3, 0.4) is 0 Å². The summed E-state index contributed by atoms with van der Waals surface area (Å²) in [5.74, 6) is -1.62. The molecule has 1 unspecified atom stereocenters. The predicted octanol–water partition coefficient (Wildman–Crippen LogP) is 5.28. The number of nitrogens with zero attached hydrogens (tertiary/aromatic N) is 2. The van der Waals surface area contributed by atoms with Gasteiger partial charge in [0.15, 0.2) is 0 Å². The summed E-state index contributed by atoms with van der Waals surface area (Å²) in [7, 11) is -2.74. The standard InChI is InChI=1S/C34H36FN3O4S/c1-4-27-14-9-11-17-31(27)38(43(41,42)29-20-18-25(2)19-21-29)24-33(39)37(23-28-15-8-10-16-30(28)35)32(34(40)36-3)22-26-12-6-5-7-13-26/h5-21,32H,4,22-24H2,1-3H3,(H,36,40). The quantitative estimate of drug-likeness (QED) is 0.240. The van der Waals surface area contributed by atoms with Gasteiger partial charge in [-0.25, -0.2) is 12.8 Å². The van der Waals surface area contributed by atoms with E-state index < -0.39 is 40.2 Å². The number of likely N-dealkylation sites (N-methyl/N-ethyl adjacent to an activating group) is 1. The lowest BCUT2D eigenvalue weighted by Crippen LogP contribution is -2.53. The topological polar surface area (TPSA) is 86.8 Å². The molecule has 4 aromatic rings. The van der Waals surface area contributed by atoms with Crippen molar-refractivity contribution in [2.45, 2.75) is 44.2 Å². The van der Waals surface area contributed by atoms with Crippen LogP contribution in [-0.2, 0) is 39.0 Å². The first-order valence-electron chi connectivity index (χ1n) is 14.1. The van der Waals surface area contributed by atoms with E-state index in [1.165, 1.54) is 30.1 Å². The van der Waals surface area contributed by atoms with Crippen LogP contribution in [0.25, 0.3) is 0 Å². The van der Waals surface area contributed by atoms with Crippen molar-refractivity contribution in [3.63, 3.8) is 0 Å². The summed E-state index contributed by atoms with van der Waals surface area (Å²) in [5, 5.41) is 2.63. The number of anilines is 1. The summed E-state index contributed by atoms with van der Waals surface area (Å²) >= 11 is 0. The van der Waals surface area contributed by atoms with Crippen molar-refractivity contribution in [3.05, 3.63) is 131 Å². The number of benzene rings is 4. The van der Waals surface area contributed by atoms with Crippen molar-refractivity contribution >= 4 is 27.5 Å². The second kappa shape index (κ2) is 14.1. The molecule has 9 heteroatoms. The summed E-state index contributed by atoms with van der Waals surface area (Å²) in [5.41, 5.74) is 2.99. The number of carbonyl (C=O) groups excluding carboxylic acids is 2. The molecule has 0 saturated carbocycles. The molecule has 43 heavy (non-hydrogen) atoms.